The molecule has 3 atom stereocenters. The van der Waals surface area contributed by atoms with Crippen LogP contribution in [0.25, 0.3) is 45.0 Å². The van der Waals surface area contributed by atoms with Gasteiger partial charge in [0.15, 0.2) is 0 Å². The number of rotatable bonds is 1. The molecule has 432 valence electrons. The lowest BCUT2D eigenvalue weighted by atomic mass is 9.62. The van der Waals surface area contributed by atoms with Gasteiger partial charge in [0.2, 0.25) is 0 Å². The van der Waals surface area contributed by atoms with Crippen molar-refractivity contribution in [2.45, 2.75) is 185 Å². The van der Waals surface area contributed by atoms with Gasteiger partial charge in [-0.2, -0.15) is 0 Å². The highest BCUT2D eigenvalue weighted by Gasteiger charge is 2.51. The minimum atomic E-state index is -0.0310. The van der Waals surface area contributed by atoms with Crippen LogP contribution >= 0.6 is 0 Å². The molecule has 7 aromatic rings. The van der Waals surface area contributed by atoms with Gasteiger partial charge in [0, 0.05) is 21.7 Å². The smallest absolute Gasteiger partial charge is 0.0179 e. The number of aryl methyl sites for hydroxylation is 6. The number of fused-ring (bicyclic) bond motifs is 16. The molecule has 0 bridgehead atoms. The normalized spacial score (nSPS) is 20.2. The maximum atomic E-state index is 2.54. The molecular weight excluding hydrogens is 1010 g/mol. The molecule has 7 aliphatic carbocycles. The average Bonchev–Trinajstić information content (AvgIpc) is 1.58. The summed E-state index contributed by atoms with van der Waals surface area (Å²) in [5.74, 6) is 1.15. The Hall–Kier alpha value is -7.02. The van der Waals surface area contributed by atoms with Crippen molar-refractivity contribution in [1.82, 2.24) is 0 Å². The van der Waals surface area contributed by atoms with Crippen LogP contribution in [0.3, 0.4) is 0 Å². The molecule has 7 aromatic carbocycles. The Morgan fingerprint density at radius 1 is 0.500 bits per heavy atom. The molecule has 0 amide bonds. The molecule has 7 aliphatic rings. The summed E-state index contributed by atoms with van der Waals surface area (Å²) in [7, 11) is 0. The van der Waals surface area contributed by atoms with Crippen LogP contribution in [0.5, 0.6) is 0 Å². The molecule has 14 rings (SSSR count). The molecule has 3 unspecified atom stereocenters. The first kappa shape index (κ1) is 60.1. The van der Waals surface area contributed by atoms with Crippen molar-refractivity contribution in [3.63, 3.8) is 0 Å². The summed E-state index contributed by atoms with van der Waals surface area (Å²) in [4.78, 5) is 0. The maximum absolute atomic E-state index is 2.54. The summed E-state index contributed by atoms with van der Waals surface area (Å²) < 4.78 is 0. The van der Waals surface area contributed by atoms with Gasteiger partial charge in [-0.3, -0.25) is 0 Å². The van der Waals surface area contributed by atoms with Crippen molar-refractivity contribution in [3.05, 3.63) is 270 Å². The van der Waals surface area contributed by atoms with Crippen molar-refractivity contribution < 1.29 is 0 Å². The largest absolute Gasteiger partial charge is 0.0833 e. The minimum Gasteiger partial charge on any atom is -0.0833 e. The van der Waals surface area contributed by atoms with Crippen LogP contribution in [0.1, 0.15) is 210 Å². The zero-order valence-electron chi connectivity index (χ0n) is 54.9. The third-order valence-corrected chi connectivity index (χ3v) is 20.2. The third kappa shape index (κ3) is 10.2. The summed E-state index contributed by atoms with van der Waals surface area (Å²) in [5, 5.41) is 0. The van der Waals surface area contributed by atoms with E-state index in [1.165, 1.54) is 134 Å². The Bertz CT molecular complexity index is 3920. The van der Waals surface area contributed by atoms with Crippen LogP contribution in [0.15, 0.2) is 175 Å². The molecule has 0 radical (unpaired) electrons. The van der Waals surface area contributed by atoms with Crippen LogP contribution in [0.2, 0.25) is 0 Å². The van der Waals surface area contributed by atoms with Crippen LogP contribution in [0.4, 0.5) is 0 Å². The van der Waals surface area contributed by atoms with E-state index in [0.717, 1.165) is 12.8 Å². The van der Waals surface area contributed by atoms with E-state index in [1.54, 1.807) is 16.7 Å². The van der Waals surface area contributed by atoms with Gasteiger partial charge in [-0.1, -0.05) is 284 Å². The van der Waals surface area contributed by atoms with Crippen molar-refractivity contribution >= 4 is 11.6 Å². The van der Waals surface area contributed by atoms with Crippen molar-refractivity contribution in [2.75, 3.05) is 0 Å². The zero-order valence-corrected chi connectivity index (χ0v) is 54.9. The van der Waals surface area contributed by atoms with Gasteiger partial charge in [-0.15, -0.1) is 0 Å². The van der Waals surface area contributed by atoms with Gasteiger partial charge < -0.3 is 0 Å². The van der Waals surface area contributed by atoms with E-state index in [2.05, 4.69) is 295 Å². The van der Waals surface area contributed by atoms with E-state index in [0.29, 0.717) is 11.8 Å². The van der Waals surface area contributed by atoms with Gasteiger partial charge in [0.25, 0.3) is 0 Å². The molecule has 0 aromatic heterocycles. The fraction of sp³-hybridized carbons (Fsp3) is 0.357. The lowest BCUT2D eigenvalue weighted by Crippen LogP contribution is -2.34. The van der Waals surface area contributed by atoms with Gasteiger partial charge in [0.05, 0.1) is 0 Å². The predicted octanol–water partition coefficient (Wildman–Crippen LogP) is 23.3. The monoisotopic (exact) mass is 1100 g/mol. The van der Waals surface area contributed by atoms with Gasteiger partial charge in [-0.25, -0.2) is 0 Å². The second-order valence-electron chi connectivity index (χ2n) is 28.3. The molecule has 0 heterocycles. The standard InChI is InChI=1S/C34H32.C28H34.C12H14.C8H10.C2H6/c1-19-10-9-13-23-26(16-19)33(3,4)31-29(23)25-18-21-11-7-8-12-22(21)28(25)30-24-15-14-20(2)17-27(24)34(5,6)32(30)31;1-18-12-13-20-21-16-19(2)22(17-24(21)27(6,7)23(20)15-18)28(8)14-10-9-11-25(28)26(3,4)5;1-9-5-3-8-12-10(2)6-4-7-11(9)12;1-7-5-3-4-6-8(7)2;1-2/h7-17,19H,18H2,1-6H3;9-13,15-17H,14H2,1-8H3;3-5,7-8,10H,6H2,1-2H3;3-6H,1-2H3;1-2H3. The molecule has 0 saturated heterocycles. The van der Waals surface area contributed by atoms with Crippen LogP contribution in [-0.4, -0.2) is 0 Å². The number of allylic oxidation sites excluding steroid dienone is 11. The molecule has 0 nitrogen and oxygen atoms in total. The second kappa shape index (κ2) is 22.4. The number of hydrogen-bond donors (Lipinski definition) is 0. The highest BCUT2D eigenvalue weighted by molar-refractivity contribution is 6.05. The summed E-state index contributed by atoms with van der Waals surface area (Å²) in [6.07, 6.45) is 24.3. The Labute approximate surface area is 508 Å². The van der Waals surface area contributed by atoms with Gasteiger partial charge >= 0.3 is 0 Å². The quantitative estimate of drug-likeness (QED) is 0.154. The average molecular weight is 1110 g/mol. The van der Waals surface area contributed by atoms with Gasteiger partial charge in [-0.05, 0) is 206 Å². The topological polar surface area (TPSA) is 0 Å². The Balaban J connectivity index is 0.000000140. The minimum absolute atomic E-state index is 0.0241. The first-order valence-corrected chi connectivity index (χ1v) is 31.7. The Morgan fingerprint density at radius 2 is 1.11 bits per heavy atom. The van der Waals surface area contributed by atoms with E-state index in [1.807, 2.05) is 13.8 Å². The van der Waals surface area contributed by atoms with Crippen molar-refractivity contribution in [1.29, 1.82) is 0 Å². The summed E-state index contributed by atoms with van der Waals surface area (Å²) in [6, 6.07) is 43.2. The molecule has 0 fully saturated rings. The summed E-state index contributed by atoms with van der Waals surface area (Å²) >= 11 is 0. The predicted molar refractivity (Wildman–Crippen MR) is 367 cm³/mol. The fourth-order valence-electron chi connectivity index (χ4n) is 15.7. The Kier molecular flexibility index (Phi) is 16.1. The summed E-state index contributed by atoms with van der Waals surface area (Å²) in [5.41, 5.74) is 38.2. The van der Waals surface area contributed by atoms with Crippen molar-refractivity contribution in [2.24, 2.45) is 11.3 Å². The third-order valence-electron chi connectivity index (χ3n) is 20.2. The SMILES string of the molecule is CC.Cc1ccc2c(c1)C(C)(C)c1c-2c2c(c3c1C(C)(C)C1=CC(C)C=CC=C13)Cc1ccccc1-2.Cc1ccc2c(c1)C(C)(C)c1cc(C3(C)CC=CC=C3C(C)(C)C)c(C)cc1-2.Cc1cccc2c1C=CCC2C.Cc1ccccc1C. The molecule has 0 N–H and O–H groups in total. The fourth-order valence-corrected chi connectivity index (χ4v) is 15.7. The molecule has 84 heavy (non-hydrogen) atoms. The van der Waals surface area contributed by atoms with Crippen molar-refractivity contribution in [3.8, 4) is 33.4 Å². The molecule has 0 heteroatoms. The van der Waals surface area contributed by atoms with E-state index in [-0.39, 0.29) is 27.1 Å². The van der Waals surface area contributed by atoms with E-state index >= 15 is 0 Å². The first-order chi connectivity index (χ1) is 39.8. The molecule has 0 saturated carbocycles. The zero-order chi connectivity index (χ0) is 60.6. The lowest BCUT2D eigenvalue weighted by molar-refractivity contribution is 0.391. The van der Waals surface area contributed by atoms with E-state index in [9.17, 15) is 0 Å². The van der Waals surface area contributed by atoms with E-state index in [4.69, 9.17) is 0 Å². The number of hydrogen-bond acceptors (Lipinski definition) is 0. The molecule has 0 spiro atoms. The number of benzene rings is 7. The van der Waals surface area contributed by atoms with Crippen LogP contribution < -0.4 is 0 Å². The summed E-state index contributed by atoms with van der Waals surface area (Å²) in [6.45, 7) is 45.9. The maximum Gasteiger partial charge on any atom is 0.0179 e. The highest BCUT2D eigenvalue weighted by atomic mass is 14.5. The van der Waals surface area contributed by atoms with Gasteiger partial charge in [0.1, 0.15) is 0 Å². The second-order valence-corrected chi connectivity index (χ2v) is 28.3. The first-order valence-electron chi connectivity index (χ1n) is 31.7. The highest BCUT2D eigenvalue weighted by Crippen LogP contribution is 2.65. The van der Waals surface area contributed by atoms with Crippen LogP contribution in [-0.2, 0) is 28.1 Å². The molecule has 0 aliphatic heterocycles. The van der Waals surface area contributed by atoms with E-state index < -0.39 is 0 Å². The van der Waals surface area contributed by atoms with Crippen LogP contribution in [0, 0.1) is 52.9 Å². The Morgan fingerprint density at radius 3 is 1.76 bits per heavy atom. The lowest BCUT2D eigenvalue weighted by Gasteiger charge is -2.42. The molecular formula is C84H96.